The van der Waals surface area contributed by atoms with Gasteiger partial charge in [0.05, 0.1) is 30.7 Å². The zero-order valence-electron chi connectivity index (χ0n) is 19.1. The molecule has 5 rings (SSSR count). The number of pyridine rings is 1. The molecule has 33 heavy (non-hydrogen) atoms. The van der Waals surface area contributed by atoms with Crippen molar-refractivity contribution in [2.24, 2.45) is 0 Å². The third-order valence-corrected chi connectivity index (χ3v) is 7.00. The van der Waals surface area contributed by atoms with Crippen LogP contribution in [0.25, 0.3) is 0 Å². The monoisotopic (exact) mass is 451 g/mol. The summed E-state index contributed by atoms with van der Waals surface area (Å²) in [5.74, 6) is -0.802. The number of benzene rings is 1. The highest BCUT2D eigenvalue weighted by Crippen LogP contribution is 2.33. The smallest absolute Gasteiger partial charge is 0.325 e. The van der Waals surface area contributed by atoms with E-state index in [9.17, 15) is 9.90 Å². The number of anilines is 1. The molecule has 0 spiro atoms. The van der Waals surface area contributed by atoms with Gasteiger partial charge in [0.25, 0.3) is 0 Å². The van der Waals surface area contributed by atoms with Crippen LogP contribution < -0.4 is 5.32 Å². The molecular weight excluding hydrogens is 418 g/mol. The Labute approximate surface area is 195 Å². The first-order chi connectivity index (χ1) is 16.2. The van der Waals surface area contributed by atoms with E-state index in [2.05, 4.69) is 17.4 Å². The van der Waals surface area contributed by atoms with Crippen LogP contribution >= 0.6 is 0 Å². The number of ether oxygens (including phenoxy) is 2. The normalized spacial score (nSPS) is 20.8. The number of unbranched alkanes of at least 4 members (excludes halogenated alkanes) is 1. The average Bonchev–Trinajstić information content (AvgIpc) is 3.49. The summed E-state index contributed by atoms with van der Waals surface area (Å²) in [6.07, 6.45) is 6.17. The first-order valence-electron chi connectivity index (χ1n) is 12.2. The van der Waals surface area contributed by atoms with E-state index in [1.807, 2.05) is 23.1 Å². The molecule has 2 N–H and O–H groups in total. The second-order valence-corrected chi connectivity index (χ2v) is 9.28. The molecule has 1 unspecified atom stereocenters. The quantitative estimate of drug-likeness (QED) is 0.562. The lowest BCUT2D eigenvalue weighted by Crippen LogP contribution is -2.34. The molecule has 176 valence electrons. The summed E-state index contributed by atoms with van der Waals surface area (Å²) >= 11 is 0. The van der Waals surface area contributed by atoms with Crippen molar-refractivity contribution in [3.8, 4) is 0 Å². The average molecular weight is 452 g/mol. The third kappa shape index (κ3) is 5.05. The van der Waals surface area contributed by atoms with Crippen LogP contribution in [-0.4, -0.2) is 53.3 Å². The summed E-state index contributed by atoms with van der Waals surface area (Å²) in [5.41, 5.74) is 6.56. The number of fused-ring (bicyclic) bond motifs is 2. The Morgan fingerprint density at radius 1 is 1.27 bits per heavy atom. The van der Waals surface area contributed by atoms with Gasteiger partial charge in [-0.25, -0.2) is 0 Å². The van der Waals surface area contributed by atoms with Crippen LogP contribution in [0.4, 0.5) is 5.69 Å². The van der Waals surface area contributed by atoms with Gasteiger partial charge in [0.2, 0.25) is 0 Å². The maximum Gasteiger partial charge on any atom is 0.325 e. The second-order valence-electron chi connectivity index (χ2n) is 9.28. The Morgan fingerprint density at radius 2 is 2.21 bits per heavy atom. The largest absolute Gasteiger partial charge is 0.480 e. The lowest BCUT2D eigenvalue weighted by molar-refractivity contribution is -0.143. The number of aryl methyl sites for hydroxylation is 2. The van der Waals surface area contributed by atoms with Crippen LogP contribution in [0.15, 0.2) is 30.3 Å². The van der Waals surface area contributed by atoms with E-state index in [0.717, 1.165) is 74.0 Å². The molecule has 3 aliphatic heterocycles. The number of hydrogen-bond donors (Lipinski definition) is 2. The molecule has 2 atom stereocenters. The standard InChI is InChI=1S/C26H33N3O4/c30-26(31)25(21-7-3-5-18-16-32-17-22(18)21)29-13-11-20(15-29)33-14-2-1-6-19-9-10-23-24(28-19)8-4-12-27-23/h3,5,7,9-10,20,25,27H,1-2,4,6,8,11-17H2,(H,30,31)/t20-,25?/m1/s1. The maximum atomic E-state index is 12.2. The Bertz CT molecular complexity index is 995. The summed E-state index contributed by atoms with van der Waals surface area (Å²) in [4.78, 5) is 19.0. The van der Waals surface area contributed by atoms with Crippen LogP contribution in [0.5, 0.6) is 0 Å². The molecule has 7 heteroatoms. The van der Waals surface area contributed by atoms with Crippen LogP contribution in [0.2, 0.25) is 0 Å². The number of nitrogens with one attached hydrogen (secondary N) is 1. The number of carbonyl (C=O) groups is 1. The van der Waals surface area contributed by atoms with E-state index in [-0.39, 0.29) is 6.10 Å². The van der Waals surface area contributed by atoms with Gasteiger partial charge in [-0.2, -0.15) is 0 Å². The molecule has 7 nitrogen and oxygen atoms in total. The van der Waals surface area contributed by atoms with Crippen molar-refractivity contribution in [1.29, 1.82) is 0 Å². The molecule has 0 bridgehead atoms. The van der Waals surface area contributed by atoms with Gasteiger partial charge in [-0.05, 0) is 67.3 Å². The Hall–Kier alpha value is -2.48. The lowest BCUT2D eigenvalue weighted by Gasteiger charge is -2.26. The van der Waals surface area contributed by atoms with Crippen molar-refractivity contribution in [3.63, 3.8) is 0 Å². The van der Waals surface area contributed by atoms with Gasteiger partial charge in [-0.15, -0.1) is 0 Å². The molecule has 1 fully saturated rings. The van der Waals surface area contributed by atoms with Gasteiger partial charge in [0.1, 0.15) is 6.04 Å². The summed E-state index contributed by atoms with van der Waals surface area (Å²) in [6.45, 7) is 4.20. The highest BCUT2D eigenvalue weighted by molar-refractivity contribution is 5.76. The van der Waals surface area contributed by atoms with Gasteiger partial charge in [-0.3, -0.25) is 14.7 Å². The van der Waals surface area contributed by atoms with Crippen molar-refractivity contribution in [3.05, 3.63) is 58.4 Å². The number of nitrogens with zero attached hydrogens (tertiary/aromatic N) is 2. The van der Waals surface area contributed by atoms with Crippen LogP contribution in [0.1, 0.15) is 59.8 Å². The minimum Gasteiger partial charge on any atom is -0.480 e. The van der Waals surface area contributed by atoms with Crippen molar-refractivity contribution < 1.29 is 19.4 Å². The molecule has 1 aromatic heterocycles. The SMILES string of the molecule is O=C(O)C(c1cccc2c1COC2)N1CC[C@@H](OCCCCc2ccc3c(n2)CCCN3)C1. The number of aliphatic carboxylic acids is 1. The molecule has 4 heterocycles. The number of carboxylic acid groups (broad SMARTS) is 1. The Kier molecular flexibility index (Phi) is 6.90. The van der Waals surface area contributed by atoms with Crippen LogP contribution in [0.3, 0.4) is 0 Å². The minimum atomic E-state index is -0.802. The highest BCUT2D eigenvalue weighted by Gasteiger charge is 2.36. The van der Waals surface area contributed by atoms with Crippen molar-refractivity contribution in [2.75, 3.05) is 31.6 Å². The zero-order chi connectivity index (χ0) is 22.6. The van der Waals surface area contributed by atoms with E-state index in [1.54, 1.807) is 0 Å². The number of aromatic nitrogens is 1. The van der Waals surface area contributed by atoms with Crippen molar-refractivity contribution in [2.45, 2.75) is 63.9 Å². The highest BCUT2D eigenvalue weighted by atomic mass is 16.5. The first-order valence-corrected chi connectivity index (χ1v) is 12.2. The van der Waals surface area contributed by atoms with E-state index in [1.165, 1.54) is 11.4 Å². The molecule has 2 aromatic rings. The van der Waals surface area contributed by atoms with Gasteiger partial charge in [0.15, 0.2) is 0 Å². The number of carboxylic acids is 1. The third-order valence-electron chi connectivity index (χ3n) is 7.00. The van der Waals surface area contributed by atoms with Gasteiger partial charge < -0.3 is 19.9 Å². The fourth-order valence-corrected chi connectivity index (χ4v) is 5.27. The fourth-order valence-electron chi connectivity index (χ4n) is 5.27. The first kappa shape index (κ1) is 22.3. The zero-order valence-corrected chi connectivity index (χ0v) is 19.1. The van der Waals surface area contributed by atoms with E-state index >= 15 is 0 Å². The minimum absolute atomic E-state index is 0.0906. The molecular formula is C26H33N3O4. The molecule has 0 aliphatic carbocycles. The number of rotatable bonds is 9. The van der Waals surface area contributed by atoms with Gasteiger partial charge in [-0.1, -0.05) is 18.2 Å². The van der Waals surface area contributed by atoms with E-state index in [4.69, 9.17) is 14.5 Å². The summed E-state index contributed by atoms with van der Waals surface area (Å²) in [6, 6.07) is 9.55. The fraction of sp³-hybridized carbons (Fsp3) is 0.538. The predicted molar refractivity (Wildman–Crippen MR) is 125 cm³/mol. The topological polar surface area (TPSA) is 83.9 Å². The van der Waals surface area contributed by atoms with Gasteiger partial charge in [0, 0.05) is 31.9 Å². The molecule has 0 amide bonds. The maximum absolute atomic E-state index is 12.2. The Balaban J connectivity index is 1.09. The molecule has 1 saturated heterocycles. The van der Waals surface area contributed by atoms with E-state index in [0.29, 0.717) is 26.4 Å². The predicted octanol–water partition coefficient (Wildman–Crippen LogP) is 3.71. The van der Waals surface area contributed by atoms with Crippen LogP contribution in [0, 0.1) is 0 Å². The molecule has 0 saturated carbocycles. The van der Waals surface area contributed by atoms with Crippen molar-refractivity contribution in [1.82, 2.24) is 9.88 Å². The summed E-state index contributed by atoms with van der Waals surface area (Å²) < 4.78 is 11.7. The lowest BCUT2D eigenvalue weighted by atomic mass is 9.96. The molecule has 1 aromatic carbocycles. The number of hydrogen-bond acceptors (Lipinski definition) is 6. The number of likely N-dealkylation sites (tertiary alicyclic amines) is 1. The summed E-state index contributed by atoms with van der Waals surface area (Å²) in [7, 11) is 0. The summed E-state index contributed by atoms with van der Waals surface area (Å²) in [5, 5.41) is 13.4. The Morgan fingerprint density at radius 3 is 3.12 bits per heavy atom. The molecule has 3 aliphatic rings. The van der Waals surface area contributed by atoms with Crippen LogP contribution in [-0.2, 0) is 40.3 Å². The van der Waals surface area contributed by atoms with Gasteiger partial charge >= 0.3 is 5.97 Å². The second kappa shape index (κ2) is 10.2. The molecule has 0 radical (unpaired) electrons. The van der Waals surface area contributed by atoms with Crippen molar-refractivity contribution >= 4 is 11.7 Å². The van der Waals surface area contributed by atoms with E-state index < -0.39 is 12.0 Å².